The lowest BCUT2D eigenvalue weighted by atomic mass is 10.00. The van der Waals surface area contributed by atoms with Gasteiger partial charge in [0.15, 0.2) is 0 Å². The van der Waals surface area contributed by atoms with Gasteiger partial charge >= 0.3 is 0 Å². The number of nitrogens with one attached hydrogen (secondary N) is 1. The van der Waals surface area contributed by atoms with Crippen LogP contribution in [-0.2, 0) is 0 Å². The summed E-state index contributed by atoms with van der Waals surface area (Å²) in [7, 11) is 0. The standard InChI is InChI=1S/C12H19FN2S/c1-4-16-7-11(15-14)12-9(3)5-8(2)6-10(12)13/h5-6,11,15H,4,7,14H2,1-3H3. The predicted molar refractivity (Wildman–Crippen MR) is 68.9 cm³/mol. The lowest BCUT2D eigenvalue weighted by Crippen LogP contribution is -2.31. The van der Waals surface area contributed by atoms with Crippen LogP contribution in [0.2, 0.25) is 0 Å². The molecule has 0 heterocycles. The molecule has 0 bridgehead atoms. The number of halogens is 1. The molecule has 1 aromatic carbocycles. The van der Waals surface area contributed by atoms with Crippen molar-refractivity contribution in [3.63, 3.8) is 0 Å². The SMILES string of the molecule is CCSCC(NN)c1c(C)cc(C)cc1F. The van der Waals surface area contributed by atoms with Crippen LogP contribution in [0.5, 0.6) is 0 Å². The summed E-state index contributed by atoms with van der Waals surface area (Å²) in [5, 5.41) is 0. The molecule has 3 N–H and O–H groups in total. The Morgan fingerprint density at radius 1 is 1.44 bits per heavy atom. The quantitative estimate of drug-likeness (QED) is 0.616. The van der Waals surface area contributed by atoms with Crippen molar-refractivity contribution in [1.82, 2.24) is 5.43 Å². The van der Waals surface area contributed by atoms with Gasteiger partial charge in [-0.2, -0.15) is 11.8 Å². The first kappa shape index (κ1) is 13.5. The molecule has 1 rings (SSSR count). The minimum atomic E-state index is -0.169. The second kappa shape index (κ2) is 6.23. The molecule has 0 aliphatic carbocycles. The Balaban J connectivity index is 2.99. The minimum Gasteiger partial charge on any atom is -0.271 e. The van der Waals surface area contributed by atoms with Crippen LogP contribution < -0.4 is 11.3 Å². The molecular formula is C12H19FN2S. The third-order valence-electron chi connectivity index (χ3n) is 2.52. The van der Waals surface area contributed by atoms with Crippen LogP contribution >= 0.6 is 11.8 Å². The number of benzene rings is 1. The zero-order valence-corrected chi connectivity index (χ0v) is 10.8. The number of aryl methyl sites for hydroxylation is 2. The average molecular weight is 242 g/mol. The molecule has 1 aromatic rings. The first-order valence-corrected chi connectivity index (χ1v) is 6.56. The van der Waals surface area contributed by atoms with Gasteiger partial charge < -0.3 is 0 Å². The zero-order valence-electron chi connectivity index (χ0n) is 10.0. The van der Waals surface area contributed by atoms with E-state index in [0.717, 1.165) is 22.6 Å². The number of hydrogen-bond acceptors (Lipinski definition) is 3. The molecule has 90 valence electrons. The van der Waals surface area contributed by atoms with Crippen LogP contribution in [-0.4, -0.2) is 11.5 Å². The second-order valence-electron chi connectivity index (χ2n) is 3.86. The molecule has 1 unspecified atom stereocenters. The Hall–Kier alpha value is -0.580. The summed E-state index contributed by atoms with van der Waals surface area (Å²) in [6.07, 6.45) is 0. The molecule has 0 saturated heterocycles. The van der Waals surface area contributed by atoms with Crippen LogP contribution in [0.1, 0.15) is 29.7 Å². The molecule has 0 aliphatic heterocycles. The van der Waals surface area contributed by atoms with Gasteiger partial charge in [-0.1, -0.05) is 13.0 Å². The summed E-state index contributed by atoms with van der Waals surface area (Å²) < 4.78 is 13.9. The van der Waals surface area contributed by atoms with E-state index in [-0.39, 0.29) is 11.9 Å². The molecule has 0 fully saturated rings. The number of hydrogen-bond donors (Lipinski definition) is 2. The van der Waals surface area contributed by atoms with Gasteiger partial charge in [-0.25, -0.2) is 4.39 Å². The molecule has 2 nitrogen and oxygen atoms in total. The molecule has 0 spiro atoms. The highest BCUT2D eigenvalue weighted by molar-refractivity contribution is 7.99. The van der Waals surface area contributed by atoms with Crippen molar-refractivity contribution in [2.45, 2.75) is 26.8 Å². The van der Waals surface area contributed by atoms with E-state index in [1.165, 1.54) is 0 Å². The van der Waals surface area contributed by atoms with Crippen LogP contribution in [0.15, 0.2) is 12.1 Å². The van der Waals surface area contributed by atoms with Crippen molar-refractivity contribution in [3.8, 4) is 0 Å². The number of hydrazine groups is 1. The van der Waals surface area contributed by atoms with Crippen molar-refractivity contribution in [2.24, 2.45) is 5.84 Å². The normalized spacial score (nSPS) is 12.8. The number of rotatable bonds is 5. The van der Waals surface area contributed by atoms with Crippen LogP contribution in [0.3, 0.4) is 0 Å². The third-order valence-corrected chi connectivity index (χ3v) is 3.50. The highest BCUT2D eigenvalue weighted by Crippen LogP contribution is 2.25. The fourth-order valence-corrected chi connectivity index (χ4v) is 2.55. The van der Waals surface area contributed by atoms with E-state index >= 15 is 0 Å². The van der Waals surface area contributed by atoms with Crippen molar-refractivity contribution in [2.75, 3.05) is 11.5 Å². The Kier molecular flexibility index (Phi) is 5.25. The van der Waals surface area contributed by atoms with E-state index in [1.54, 1.807) is 17.8 Å². The van der Waals surface area contributed by atoms with Crippen molar-refractivity contribution in [1.29, 1.82) is 0 Å². The molecule has 1 atom stereocenters. The van der Waals surface area contributed by atoms with Gasteiger partial charge in [-0.3, -0.25) is 11.3 Å². The monoisotopic (exact) mass is 242 g/mol. The first-order chi connectivity index (χ1) is 7.60. The molecule has 0 radical (unpaired) electrons. The van der Waals surface area contributed by atoms with Gasteiger partial charge in [0.2, 0.25) is 0 Å². The lowest BCUT2D eigenvalue weighted by Gasteiger charge is -2.19. The number of nitrogens with two attached hydrogens (primary N) is 1. The van der Waals surface area contributed by atoms with Crippen LogP contribution in [0.4, 0.5) is 4.39 Å². The summed E-state index contributed by atoms with van der Waals surface area (Å²) >= 11 is 1.75. The maximum atomic E-state index is 13.9. The van der Waals surface area contributed by atoms with E-state index in [0.29, 0.717) is 5.56 Å². The zero-order chi connectivity index (χ0) is 12.1. The van der Waals surface area contributed by atoms with E-state index in [4.69, 9.17) is 5.84 Å². The molecule has 16 heavy (non-hydrogen) atoms. The molecule has 4 heteroatoms. The minimum absolute atomic E-state index is 0.120. The molecule has 0 aliphatic rings. The van der Waals surface area contributed by atoms with E-state index in [2.05, 4.69) is 12.3 Å². The third kappa shape index (κ3) is 3.20. The summed E-state index contributed by atoms with van der Waals surface area (Å²) in [5.41, 5.74) is 5.28. The van der Waals surface area contributed by atoms with Gasteiger partial charge in [0.05, 0.1) is 6.04 Å². The van der Waals surface area contributed by atoms with Crippen LogP contribution in [0, 0.1) is 19.7 Å². The van der Waals surface area contributed by atoms with E-state index < -0.39 is 0 Å². The van der Waals surface area contributed by atoms with Gasteiger partial charge in [-0.05, 0) is 36.8 Å². The predicted octanol–water partition coefficient (Wildman–Crippen LogP) is 2.70. The average Bonchev–Trinajstić information content (AvgIpc) is 2.21. The topological polar surface area (TPSA) is 38.0 Å². The van der Waals surface area contributed by atoms with Gasteiger partial charge in [0, 0.05) is 11.3 Å². The van der Waals surface area contributed by atoms with E-state index in [9.17, 15) is 4.39 Å². The first-order valence-electron chi connectivity index (χ1n) is 5.40. The Morgan fingerprint density at radius 3 is 2.62 bits per heavy atom. The van der Waals surface area contributed by atoms with Crippen molar-refractivity contribution in [3.05, 3.63) is 34.6 Å². The van der Waals surface area contributed by atoms with Crippen molar-refractivity contribution >= 4 is 11.8 Å². The number of thioether (sulfide) groups is 1. The second-order valence-corrected chi connectivity index (χ2v) is 5.17. The van der Waals surface area contributed by atoms with Gasteiger partial charge in [-0.15, -0.1) is 0 Å². The fourth-order valence-electron chi connectivity index (χ4n) is 1.82. The molecule has 0 amide bonds. The highest BCUT2D eigenvalue weighted by atomic mass is 32.2. The summed E-state index contributed by atoms with van der Waals surface area (Å²) in [6, 6.07) is 3.42. The Bertz CT molecular complexity index is 332. The molecule has 0 saturated carbocycles. The summed E-state index contributed by atoms with van der Waals surface area (Å²) in [4.78, 5) is 0. The van der Waals surface area contributed by atoms with Crippen molar-refractivity contribution < 1.29 is 4.39 Å². The summed E-state index contributed by atoms with van der Waals surface area (Å²) in [5.74, 6) is 7.11. The highest BCUT2D eigenvalue weighted by Gasteiger charge is 2.17. The van der Waals surface area contributed by atoms with Gasteiger partial charge in [0.1, 0.15) is 5.82 Å². The smallest absolute Gasteiger partial charge is 0.128 e. The summed E-state index contributed by atoms with van der Waals surface area (Å²) in [6.45, 7) is 5.90. The van der Waals surface area contributed by atoms with Gasteiger partial charge in [0.25, 0.3) is 0 Å². The Labute approximate surface area is 101 Å². The maximum Gasteiger partial charge on any atom is 0.128 e. The Morgan fingerprint density at radius 2 is 2.12 bits per heavy atom. The fraction of sp³-hybridized carbons (Fsp3) is 0.500. The lowest BCUT2D eigenvalue weighted by molar-refractivity contribution is 0.543. The molecule has 0 aromatic heterocycles. The largest absolute Gasteiger partial charge is 0.271 e. The maximum absolute atomic E-state index is 13.9. The van der Waals surface area contributed by atoms with E-state index in [1.807, 2.05) is 19.9 Å². The van der Waals surface area contributed by atoms with Crippen LogP contribution in [0.25, 0.3) is 0 Å². The molecular weight excluding hydrogens is 223 g/mol.